The Morgan fingerprint density at radius 2 is 1.75 bits per heavy atom. The second-order valence-corrected chi connectivity index (χ2v) is 9.70. The van der Waals surface area contributed by atoms with Gasteiger partial charge in [0.1, 0.15) is 0 Å². The van der Waals surface area contributed by atoms with E-state index in [1.165, 1.54) is 4.31 Å². The molecule has 0 radical (unpaired) electrons. The largest absolute Gasteiger partial charge is 0.376 e. The molecule has 1 amide bonds. The van der Waals surface area contributed by atoms with Crippen LogP contribution in [0.1, 0.15) is 24.8 Å². The van der Waals surface area contributed by atoms with Gasteiger partial charge in [-0.05, 0) is 61.7 Å². The highest BCUT2D eigenvalue weighted by Gasteiger charge is 2.26. The number of hydrogen-bond acceptors (Lipinski definition) is 4. The molecule has 0 unspecified atom stereocenters. The van der Waals surface area contributed by atoms with Gasteiger partial charge in [0.05, 0.1) is 11.4 Å². The van der Waals surface area contributed by atoms with Crippen molar-refractivity contribution in [2.24, 2.45) is 0 Å². The van der Waals surface area contributed by atoms with E-state index >= 15 is 0 Å². The summed E-state index contributed by atoms with van der Waals surface area (Å²) in [4.78, 5) is 12.5. The summed E-state index contributed by atoms with van der Waals surface area (Å²) in [6.07, 6.45) is 2.83. The molecule has 6 nitrogen and oxygen atoms in total. The molecule has 1 fully saturated rings. The molecule has 0 atom stereocenters. The molecule has 1 heterocycles. The van der Waals surface area contributed by atoms with Crippen molar-refractivity contribution in [1.82, 2.24) is 4.31 Å². The summed E-state index contributed by atoms with van der Waals surface area (Å²) in [7, 11) is -3.53. The van der Waals surface area contributed by atoms with Gasteiger partial charge in [-0.3, -0.25) is 4.79 Å². The highest BCUT2D eigenvalue weighted by atomic mass is 79.9. The van der Waals surface area contributed by atoms with E-state index in [4.69, 9.17) is 0 Å². The first kappa shape index (κ1) is 20.8. The zero-order valence-electron chi connectivity index (χ0n) is 15.7. The van der Waals surface area contributed by atoms with Gasteiger partial charge in [-0.25, -0.2) is 8.42 Å². The second kappa shape index (κ2) is 9.07. The molecule has 0 bridgehead atoms. The topological polar surface area (TPSA) is 78.5 Å². The average Bonchev–Trinajstić information content (AvgIpc) is 2.70. The van der Waals surface area contributed by atoms with E-state index in [-0.39, 0.29) is 17.3 Å². The number of benzene rings is 2. The molecule has 1 saturated heterocycles. The molecular weight excluding hydrogens is 442 g/mol. The zero-order chi connectivity index (χ0) is 20.1. The number of halogens is 1. The predicted octanol–water partition coefficient (Wildman–Crippen LogP) is 3.98. The van der Waals surface area contributed by atoms with Crippen LogP contribution >= 0.6 is 15.9 Å². The summed E-state index contributed by atoms with van der Waals surface area (Å²) in [5.74, 6) is -0.237. The van der Waals surface area contributed by atoms with Crippen molar-refractivity contribution >= 4 is 43.2 Å². The molecular formula is C20H24BrN3O3S. The van der Waals surface area contributed by atoms with Gasteiger partial charge in [-0.1, -0.05) is 28.4 Å². The lowest BCUT2D eigenvalue weighted by molar-refractivity contribution is -0.114. The van der Waals surface area contributed by atoms with E-state index in [2.05, 4.69) is 26.6 Å². The number of sulfonamides is 1. The van der Waals surface area contributed by atoms with Gasteiger partial charge < -0.3 is 10.6 Å². The molecule has 1 aliphatic heterocycles. The number of carbonyl (C=O) groups is 1. The quantitative estimate of drug-likeness (QED) is 0.675. The molecule has 150 valence electrons. The Morgan fingerprint density at radius 1 is 1.07 bits per heavy atom. The Morgan fingerprint density at radius 3 is 2.43 bits per heavy atom. The van der Waals surface area contributed by atoms with Crippen molar-refractivity contribution in [3.05, 3.63) is 52.5 Å². The van der Waals surface area contributed by atoms with Crippen LogP contribution in [0.15, 0.2) is 51.8 Å². The Kier molecular flexibility index (Phi) is 6.74. The summed E-state index contributed by atoms with van der Waals surface area (Å²) >= 11 is 3.37. The summed E-state index contributed by atoms with van der Waals surface area (Å²) in [5.41, 5.74) is 2.16. The number of amides is 1. The SMILES string of the molecule is Cc1ccc(S(=O)(=O)N2CCCCC2)cc1NC(=O)CNc1ccc(Br)cc1. The zero-order valence-corrected chi connectivity index (χ0v) is 18.1. The number of carbonyl (C=O) groups excluding carboxylic acids is 1. The maximum atomic E-state index is 12.9. The first-order chi connectivity index (χ1) is 13.4. The van der Waals surface area contributed by atoms with Gasteiger partial charge in [0.2, 0.25) is 15.9 Å². The van der Waals surface area contributed by atoms with E-state index in [9.17, 15) is 13.2 Å². The van der Waals surface area contributed by atoms with Gasteiger partial charge in [0.25, 0.3) is 0 Å². The van der Waals surface area contributed by atoms with E-state index in [1.54, 1.807) is 18.2 Å². The van der Waals surface area contributed by atoms with Gasteiger partial charge in [0, 0.05) is 28.9 Å². The Bertz CT molecular complexity index is 940. The molecule has 0 spiro atoms. The van der Waals surface area contributed by atoms with Crippen molar-refractivity contribution in [3.63, 3.8) is 0 Å². The number of hydrogen-bond donors (Lipinski definition) is 2. The first-order valence-electron chi connectivity index (χ1n) is 9.26. The molecule has 3 rings (SSSR count). The van der Waals surface area contributed by atoms with E-state index in [0.717, 1.165) is 35.0 Å². The highest BCUT2D eigenvalue weighted by molar-refractivity contribution is 9.10. The lowest BCUT2D eigenvalue weighted by atomic mass is 10.2. The van der Waals surface area contributed by atoms with Crippen molar-refractivity contribution in [1.29, 1.82) is 0 Å². The summed E-state index contributed by atoms with van der Waals surface area (Å²) in [5, 5.41) is 5.86. The van der Waals surface area contributed by atoms with Crippen molar-refractivity contribution in [3.8, 4) is 0 Å². The monoisotopic (exact) mass is 465 g/mol. The third kappa shape index (κ3) is 5.12. The fourth-order valence-corrected chi connectivity index (χ4v) is 4.90. The summed E-state index contributed by atoms with van der Waals surface area (Å²) < 4.78 is 28.2. The fraction of sp³-hybridized carbons (Fsp3) is 0.350. The standard InChI is InChI=1S/C20H24BrN3O3S/c1-15-5-10-18(28(26,27)24-11-3-2-4-12-24)13-19(15)23-20(25)14-22-17-8-6-16(21)7-9-17/h5-10,13,22H,2-4,11-12,14H2,1H3,(H,23,25). The molecule has 2 N–H and O–H groups in total. The van der Waals surface area contributed by atoms with Crippen molar-refractivity contribution in [2.45, 2.75) is 31.1 Å². The van der Waals surface area contributed by atoms with Crippen LogP contribution in [-0.2, 0) is 14.8 Å². The number of anilines is 2. The van der Waals surface area contributed by atoms with Gasteiger partial charge in [-0.2, -0.15) is 4.31 Å². The number of rotatable bonds is 6. The Hall–Kier alpha value is -1.90. The third-order valence-electron chi connectivity index (χ3n) is 4.73. The van der Waals surface area contributed by atoms with Crippen molar-refractivity contribution in [2.75, 3.05) is 30.3 Å². The molecule has 2 aromatic carbocycles. The van der Waals surface area contributed by atoms with Gasteiger partial charge in [0.15, 0.2) is 0 Å². The number of nitrogens with one attached hydrogen (secondary N) is 2. The predicted molar refractivity (Wildman–Crippen MR) is 115 cm³/mol. The van der Waals surface area contributed by atoms with Crippen LogP contribution in [0.5, 0.6) is 0 Å². The molecule has 8 heteroatoms. The number of aryl methyl sites for hydroxylation is 1. The van der Waals surface area contributed by atoms with Crippen LogP contribution < -0.4 is 10.6 Å². The van der Waals surface area contributed by atoms with E-state index in [1.807, 2.05) is 31.2 Å². The normalized spacial score (nSPS) is 15.2. The molecule has 2 aromatic rings. The van der Waals surface area contributed by atoms with Crippen LogP contribution in [0.2, 0.25) is 0 Å². The summed E-state index contributed by atoms with van der Waals surface area (Å²) in [6.45, 7) is 3.03. The minimum absolute atomic E-state index is 0.0875. The smallest absolute Gasteiger partial charge is 0.243 e. The number of piperidine rings is 1. The van der Waals surface area contributed by atoms with Crippen LogP contribution in [0.3, 0.4) is 0 Å². The second-order valence-electron chi connectivity index (χ2n) is 6.85. The highest BCUT2D eigenvalue weighted by Crippen LogP contribution is 2.25. The van der Waals surface area contributed by atoms with E-state index < -0.39 is 10.0 Å². The lowest BCUT2D eigenvalue weighted by Crippen LogP contribution is -2.35. The van der Waals surface area contributed by atoms with Crippen LogP contribution in [0, 0.1) is 6.92 Å². The van der Waals surface area contributed by atoms with Crippen molar-refractivity contribution < 1.29 is 13.2 Å². The van der Waals surface area contributed by atoms with Crippen LogP contribution in [0.4, 0.5) is 11.4 Å². The summed E-state index contributed by atoms with van der Waals surface area (Å²) in [6, 6.07) is 12.4. The minimum atomic E-state index is -3.53. The first-order valence-corrected chi connectivity index (χ1v) is 11.5. The van der Waals surface area contributed by atoms with Crippen LogP contribution in [0.25, 0.3) is 0 Å². The average molecular weight is 466 g/mol. The maximum absolute atomic E-state index is 12.9. The lowest BCUT2D eigenvalue weighted by Gasteiger charge is -2.26. The fourth-order valence-electron chi connectivity index (χ4n) is 3.10. The maximum Gasteiger partial charge on any atom is 0.243 e. The van der Waals surface area contributed by atoms with E-state index in [0.29, 0.717) is 18.8 Å². The molecule has 0 aromatic heterocycles. The van der Waals surface area contributed by atoms with Gasteiger partial charge >= 0.3 is 0 Å². The molecule has 0 aliphatic carbocycles. The minimum Gasteiger partial charge on any atom is -0.376 e. The number of nitrogens with zero attached hydrogens (tertiary/aromatic N) is 1. The Labute approximate surface area is 174 Å². The Balaban J connectivity index is 1.68. The molecule has 0 saturated carbocycles. The van der Waals surface area contributed by atoms with Crippen LogP contribution in [-0.4, -0.2) is 38.3 Å². The molecule has 1 aliphatic rings. The molecule has 28 heavy (non-hydrogen) atoms. The third-order valence-corrected chi connectivity index (χ3v) is 7.16. The van der Waals surface area contributed by atoms with Gasteiger partial charge in [-0.15, -0.1) is 0 Å².